The second-order valence-corrected chi connectivity index (χ2v) is 16.1. The van der Waals surface area contributed by atoms with Gasteiger partial charge in [-0.1, -0.05) is 75.1 Å². The minimum absolute atomic E-state index is 0.378. The van der Waals surface area contributed by atoms with Gasteiger partial charge in [0.15, 0.2) is 11.9 Å². The van der Waals surface area contributed by atoms with E-state index in [0.717, 1.165) is 81.7 Å². The SMILES string of the molecule is CCCCCCCN1C(=N)N(CCCC[C@H]2CN=C(N)N2CCC23CC4CC(CC(C4)C2)C3)C[C@H]1Cc1ccc2ccccc2c1. The zero-order valence-electron chi connectivity index (χ0n) is 28.6. The van der Waals surface area contributed by atoms with E-state index >= 15 is 0 Å². The van der Waals surface area contributed by atoms with Crippen molar-refractivity contribution in [3.63, 3.8) is 0 Å². The highest BCUT2D eigenvalue weighted by atomic mass is 15.4. The Morgan fingerprint density at radius 3 is 2.28 bits per heavy atom. The Labute approximate surface area is 278 Å². The molecule has 4 saturated carbocycles. The van der Waals surface area contributed by atoms with Crippen molar-refractivity contribution < 1.29 is 0 Å². The molecule has 0 spiro atoms. The van der Waals surface area contributed by atoms with Crippen LogP contribution in [0.15, 0.2) is 47.5 Å². The van der Waals surface area contributed by atoms with Crippen molar-refractivity contribution in [3.8, 4) is 0 Å². The van der Waals surface area contributed by atoms with Crippen molar-refractivity contribution in [2.45, 2.75) is 122 Å². The summed E-state index contributed by atoms with van der Waals surface area (Å²) >= 11 is 0. The summed E-state index contributed by atoms with van der Waals surface area (Å²) in [5.74, 6) is 4.59. The number of nitrogens with two attached hydrogens (primary N) is 1. The van der Waals surface area contributed by atoms with Crippen LogP contribution >= 0.6 is 0 Å². The predicted molar refractivity (Wildman–Crippen MR) is 192 cm³/mol. The van der Waals surface area contributed by atoms with Gasteiger partial charge in [0.1, 0.15) is 0 Å². The van der Waals surface area contributed by atoms with Gasteiger partial charge in [-0.15, -0.1) is 0 Å². The fraction of sp³-hybridized carbons (Fsp3) is 0.700. The van der Waals surface area contributed by atoms with Gasteiger partial charge in [-0.05, 0) is 117 Å². The standard InChI is InChI=1S/C40H60N6/c1-2-3-4-5-9-18-46-37(24-30-14-15-34-11-6-7-12-35(34)23-30)29-44(39(46)42)17-10-8-13-36-28-43-38(41)45(36)19-16-40-25-31-20-32(26-40)22-33(21-31)27-40/h6-7,11-12,14-15,23,31-33,36-37,42H,2-5,8-10,13,16-22,24-29H2,1H3,(H2,41,43)/t31?,32?,33?,36-,37+,40?/m0/s1. The van der Waals surface area contributed by atoms with Gasteiger partial charge in [-0.3, -0.25) is 10.4 Å². The number of aliphatic imine (C=N–C) groups is 1. The molecule has 5 fully saturated rings. The molecule has 2 aromatic carbocycles. The molecule has 0 amide bonds. The molecule has 0 unspecified atom stereocenters. The van der Waals surface area contributed by atoms with Crippen molar-refractivity contribution in [2.24, 2.45) is 33.9 Å². The molecule has 0 radical (unpaired) electrons. The monoisotopic (exact) mass is 624 g/mol. The van der Waals surface area contributed by atoms with Gasteiger partial charge in [-0.2, -0.15) is 0 Å². The minimum Gasteiger partial charge on any atom is -0.370 e. The van der Waals surface area contributed by atoms with Gasteiger partial charge in [-0.25, -0.2) is 0 Å². The van der Waals surface area contributed by atoms with Crippen molar-refractivity contribution in [1.82, 2.24) is 14.7 Å². The summed E-state index contributed by atoms with van der Waals surface area (Å²) < 4.78 is 0. The number of nitrogens with zero attached hydrogens (tertiary/aromatic N) is 4. The first kappa shape index (κ1) is 31.8. The minimum atomic E-state index is 0.378. The summed E-state index contributed by atoms with van der Waals surface area (Å²) in [7, 11) is 0. The van der Waals surface area contributed by atoms with E-state index in [-0.39, 0.29) is 0 Å². The Morgan fingerprint density at radius 2 is 1.52 bits per heavy atom. The molecule has 4 bridgehead atoms. The molecule has 0 aromatic heterocycles. The fourth-order valence-electron chi connectivity index (χ4n) is 10.7. The molecule has 2 atom stereocenters. The Kier molecular flexibility index (Phi) is 9.79. The lowest BCUT2D eigenvalue weighted by atomic mass is 9.49. The summed E-state index contributed by atoms with van der Waals surface area (Å²) in [4.78, 5) is 12.0. The van der Waals surface area contributed by atoms with Crippen LogP contribution in [-0.2, 0) is 6.42 Å². The molecular weight excluding hydrogens is 564 g/mol. The zero-order valence-corrected chi connectivity index (χ0v) is 28.6. The summed E-state index contributed by atoms with van der Waals surface area (Å²) in [6, 6.07) is 16.5. The first-order valence-corrected chi connectivity index (χ1v) is 19.1. The largest absolute Gasteiger partial charge is 0.370 e. The second kappa shape index (κ2) is 14.2. The topological polar surface area (TPSA) is 72.0 Å². The highest BCUT2D eigenvalue weighted by Crippen LogP contribution is 2.61. The van der Waals surface area contributed by atoms with Gasteiger partial charge >= 0.3 is 0 Å². The van der Waals surface area contributed by atoms with E-state index in [9.17, 15) is 5.41 Å². The van der Waals surface area contributed by atoms with E-state index in [1.807, 2.05) is 0 Å². The molecule has 4 aliphatic carbocycles. The smallest absolute Gasteiger partial charge is 0.194 e. The van der Waals surface area contributed by atoms with E-state index in [2.05, 4.69) is 64.1 Å². The molecule has 8 rings (SSSR count). The summed E-state index contributed by atoms with van der Waals surface area (Å²) in [6.45, 7) is 7.21. The molecule has 250 valence electrons. The first-order chi connectivity index (χ1) is 22.5. The molecule has 1 saturated heterocycles. The lowest BCUT2D eigenvalue weighted by molar-refractivity contribution is -0.0597. The fourth-order valence-corrected chi connectivity index (χ4v) is 10.7. The van der Waals surface area contributed by atoms with E-state index < -0.39 is 0 Å². The maximum atomic E-state index is 9.20. The summed E-state index contributed by atoms with van der Waals surface area (Å²) in [6.07, 6.45) is 21.2. The zero-order chi connectivity index (χ0) is 31.5. The molecule has 2 aromatic rings. The van der Waals surface area contributed by atoms with E-state index in [4.69, 9.17) is 10.7 Å². The Bertz CT molecular complexity index is 1330. The van der Waals surface area contributed by atoms with Crippen LogP contribution in [0.5, 0.6) is 0 Å². The second-order valence-electron chi connectivity index (χ2n) is 16.1. The normalized spacial score (nSPS) is 30.3. The van der Waals surface area contributed by atoms with Crippen molar-refractivity contribution >= 4 is 22.7 Å². The van der Waals surface area contributed by atoms with Gasteiger partial charge in [0.2, 0.25) is 0 Å². The molecular formula is C40H60N6. The van der Waals surface area contributed by atoms with Gasteiger partial charge in [0, 0.05) is 26.2 Å². The van der Waals surface area contributed by atoms with Crippen LogP contribution in [0.4, 0.5) is 0 Å². The Morgan fingerprint density at radius 1 is 0.804 bits per heavy atom. The van der Waals surface area contributed by atoms with E-state index in [1.165, 1.54) is 99.8 Å². The highest BCUT2D eigenvalue weighted by molar-refractivity contribution is 5.83. The number of hydrogen-bond donors (Lipinski definition) is 2. The van der Waals surface area contributed by atoms with Crippen molar-refractivity contribution in [2.75, 3.05) is 32.7 Å². The number of nitrogens with one attached hydrogen (secondary N) is 1. The predicted octanol–water partition coefficient (Wildman–Crippen LogP) is 8.05. The summed E-state index contributed by atoms with van der Waals surface area (Å²) in [5, 5.41) is 11.8. The average molecular weight is 625 g/mol. The molecule has 6 nitrogen and oxygen atoms in total. The van der Waals surface area contributed by atoms with Gasteiger partial charge < -0.3 is 20.4 Å². The third-order valence-electron chi connectivity index (χ3n) is 12.7. The lowest BCUT2D eigenvalue weighted by Gasteiger charge is -2.57. The molecule has 46 heavy (non-hydrogen) atoms. The Hall–Kier alpha value is -2.76. The van der Waals surface area contributed by atoms with Crippen LogP contribution in [0.2, 0.25) is 0 Å². The van der Waals surface area contributed by atoms with Crippen LogP contribution in [0.1, 0.15) is 109 Å². The summed E-state index contributed by atoms with van der Waals surface area (Å²) in [5.41, 5.74) is 8.49. The molecule has 6 heteroatoms. The van der Waals surface area contributed by atoms with Crippen LogP contribution < -0.4 is 5.73 Å². The Balaban J connectivity index is 0.908. The molecule has 2 heterocycles. The van der Waals surface area contributed by atoms with E-state index in [0.29, 0.717) is 17.5 Å². The third-order valence-corrected chi connectivity index (χ3v) is 12.7. The van der Waals surface area contributed by atoms with Crippen LogP contribution in [-0.4, -0.2) is 71.4 Å². The average Bonchev–Trinajstić information content (AvgIpc) is 3.54. The number of unbranched alkanes of at least 4 members (excludes halogenated alkanes) is 5. The van der Waals surface area contributed by atoms with Crippen LogP contribution in [0, 0.1) is 28.6 Å². The van der Waals surface area contributed by atoms with Gasteiger partial charge in [0.05, 0.1) is 18.6 Å². The number of guanidine groups is 2. The van der Waals surface area contributed by atoms with Crippen molar-refractivity contribution in [3.05, 3.63) is 48.0 Å². The molecule has 2 aliphatic heterocycles. The van der Waals surface area contributed by atoms with Crippen LogP contribution in [0.3, 0.4) is 0 Å². The number of fused-ring (bicyclic) bond motifs is 1. The number of hydrogen-bond acceptors (Lipinski definition) is 4. The van der Waals surface area contributed by atoms with E-state index in [1.54, 1.807) is 0 Å². The van der Waals surface area contributed by atoms with Gasteiger partial charge in [0.25, 0.3) is 0 Å². The van der Waals surface area contributed by atoms with Crippen molar-refractivity contribution in [1.29, 1.82) is 5.41 Å². The number of rotatable bonds is 16. The third kappa shape index (κ3) is 7.06. The number of benzene rings is 2. The molecule has 3 N–H and O–H groups in total. The first-order valence-electron chi connectivity index (χ1n) is 19.1. The van der Waals surface area contributed by atoms with Crippen LogP contribution in [0.25, 0.3) is 10.8 Å². The highest BCUT2D eigenvalue weighted by Gasteiger charge is 2.50. The lowest BCUT2D eigenvalue weighted by Crippen LogP contribution is -2.49. The maximum Gasteiger partial charge on any atom is 0.194 e. The maximum absolute atomic E-state index is 9.20. The molecule has 6 aliphatic rings. The quantitative estimate of drug-likeness (QED) is 0.185.